The molecular weight excluding hydrogens is 266 g/mol. The summed E-state index contributed by atoms with van der Waals surface area (Å²) in [5.41, 5.74) is 1.53. The van der Waals surface area contributed by atoms with E-state index in [0.717, 1.165) is 38.5 Å². The minimum Gasteiger partial charge on any atom is -0.289 e. The van der Waals surface area contributed by atoms with E-state index in [-0.39, 0.29) is 11.5 Å². The largest absolute Gasteiger partial charge is 0.289 e. The number of benzene rings is 1. The third-order valence-corrected chi connectivity index (χ3v) is 4.84. The zero-order chi connectivity index (χ0) is 15.7. The van der Waals surface area contributed by atoms with Gasteiger partial charge in [-0.25, -0.2) is 0 Å². The molecule has 1 nitrogen and oxygen atoms in total. The second-order valence-corrected chi connectivity index (χ2v) is 6.23. The molecule has 0 bridgehead atoms. The molecule has 2 rings (SSSR count). The van der Waals surface area contributed by atoms with Crippen molar-refractivity contribution in [2.24, 2.45) is 10.4 Å². The number of allylic oxidation sites excluding steroid dienone is 3. The Bertz CT molecular complexity index is 506. The molecule has 1 aliphatic rings. The van der Waals surface area contributed by atoms with Gasteiger partial charge in [-0.05, 0) is 44.1 Å². The maximum atomic E-state index is 5.01. The van der Waals surface area contributed by atoms with Crippen molar-refractivity contribution < 1.29 is 0 Å². The van der Waals surface area contributed by atoms with E-state index < -0.39 is 0 Å². The predicted octanol–water partition coefficient (Wildman–Crippen LogP) is 6.29. The lowest BCUT2D eigenvalue weighted by Gasteiger charge is -2.27. The van der Waals surface area contributed by atoms with Crippen molar-refractivity contribution in [3.05, 3.63) is 60.2 Å². The highest BCUT2D eigenvalue weighted by molar-refractivity contribution is 5.66. The van der Waals surface area contributed by atoms with Crippen LogP contribution < -0.4 is 0 Å². The van der Waals surface area contributed by atoms with Crippen LogP contribution in [0.4, 0.5) is 0 Å². The SMILES string of the molecule is CCC1(CC)/C=N/C(c2ccccc2)C/C=C/CC/C=C/C1. The van der Waals surface area contributed by atoms with Gasteiger partial charge >= 0.3 is 0 Å². The molecule has 0 aliphatic carbocycles. The van der Waals surface area contributed by atoms with Crippen LogP contribution in [0, 0.1) is 5.41 Å². The van der Waals surface area contributed by atoms with E-state index in [1.54, 1.807) is 0 Å². The molecule has 22 heavy (non-hydrogen) atoms. The quantitative estimate of drug-likeness (QED) is 0.581. The highest BCUT2D eigenvalue weighted by Crippen LogP contribution is 2.31. The molecule has 1 aromatic rings. The summed E-state index contributed by atoms with van der Waals surface area (Å²) in [7, 11) is 0. The maximum absolute atomic E-state index is 5.01. The van der Waals surface area contributed by atoms with Gasteiger partial charge in [-0.15, -0.1) is 0 Å². The first-order valence-electron chi connectivity index (χ1n) is 8.69. The molecule has 0 N–H and O–H groups in total. The number of nitrogens with zero attached hydrogens (tertiary/aromatic N) is 1. The first-order chi connectivity index (χ1) is 10.8. The average Bonchev–Trinajstić information content (AvgIpc) is 2.57. The Labute approximate surface area is 135 Å². The monoisotopic (exact) mass is 295 g/mol. The summed E-state index contributed by atoms with van der Waals surface area (Å²) in [5.74, 6) is 0. The van der Waals surface area contributed by atoms with Crippen molar-refractivity contribution in [1.29, 1.82) is 0 Å². The molecule has 1 aromatic carbocycles. The highest BCUT2D eigenvalue weighted by Gasteiger charge is 2.23. The van der Waals surface area contributed by atoms with Crippen molar-refractivity contribution in [3.8, 4) is 0 Å². The van der Waals surface area contributed by atoms with E-state index in [2.05, 4.69) is 74.7 Å². The normalized spacial score (nSPS) is 26.4. The van der Waals surface area contributed by atoms with Crippen molar-refractivity contribution in [1.82, 2.24) is 0 Å². The van der Waals surface area contributed by atoms with Gasteiger partial charge in [-0.3, -0.25) is 4.99 Å². The first kappa shape index (κ1) is 16.7. The van der Waals surface area contributed by atoms with Gasteiger partial charge in [0.25, 0.3) is 0 Å². The lowest BCUT2D eigenvalue weighted by Crippen LogP contribution is -2.20. The fourth-order valence-corrected chi connectivity index (χ4v) is 2.95. The maximum Gasteiger partial charge on any atom is 0.0779 e. The Hall–Kier alpha value is -1.63. The van der Waals surface area contributed by atoms with Crippen LogP contribution in [-0.2, 0) is 0 Å². The van der Waals surface area contributed by atoms with Crippen molar-refractivity contribution in [2.45, 2.75) is 58.4 Å². The fourth-order valence-electron chi connectivity index (χ4n) is 2.95. The summed E-state index contributed by atoms with van der Waals surface area (Å²) < 4.78 is 0. The van der Waals surface area contributed by atoms with Crippen LogP contribution in [0.2, 0.25) is 0 Å². The summed E-state index contributed by atoms with van der Waals surface area (Å²) >= 11 is 0. The molecular formula is C21H29N. The zero-order valence-corrected chi connectivity index (χ0v) is 14.0. The molecule has 0 saturated heterocycles. The minimum absolute atomic E-state index is 0.215. The lowest BCUT2D eigenvalue weighted by molar-refractivity contribution is 0.400. The Kier molecular flexibility index (Phi) is 6.64. The van der Waals surface area contributed by atoms with E-state index in [9.17, 15) is 0 Å². The minimum atomic E-state index is 0.215. The fraction of sp³-hybridized carbons (Fsp3) is 0.476. The Morgan fingerprint density at radius 3 is 2.32 bits per heavy atom. The zero-order valence-electron chi connectivity index (χ0n) is 14.0. The topological polar surface area (TPSA) is 12.4 Å². The number of rotatable bonds is 3. The molecule has 0 radical (unpaired) electrons. The molecule has 1 heterocycles. The summed E-state index contributed by atoms with van der Waals surface area (Å²) in [6, 6.07) is 10.9. The van der Waals surface area contributed by atoms with E-state index in [4.69, 9.17) is 4.99 Å². The molecule has 1 atom stereocenters. The summed E-state index contributed by atoms with van der Waals surface area (Å²) in [4.78, 5) is 5.01. The number of hydrogen-bond acceptors (Lipinski definition) is 1. The molecule has 1 heteroatoms. The van der Waals surface area contributed by atoms with Crippen LogP contribution in [-0.4, -0.2) is 6.21 Å². The van der Waals surface area contributed by atoms with Crippen LogP contribution >= 0.6 is 0 Å². The van der Waals surface area contributed by atoms with Gasteiger partial charge in [0.15, 0.2) is 0 Å². The molecule has 0 amide bonds. The van der Waals surface area contributed by atoms with E-state index in [0.29, 0.717) is 0 Å². The molecule has 118 valence electrons. The smallest absolute Gasteiger partial charge is 0.0779 e. The Balaban J connectivity index is 2.29. The molecule has 1 aliphatic heterocycles. The number of hydrogen-bond donors (Lipinski definition) is 0. The Morgan fingerprint density at radius 2 is 1.64 bits per heavy atom. The highest BCUT2D eigenvalue weighted by atomic mass is 14.8. The van der Waals surface area contributed by atoms with Gasteiger partial charge in [0.05, 0.1) is 6.04 Å². The second kappa shape index (κ2) is 8.73. The van der Waals surface area contributed by atoms with Crippen molar-refractivity contribution >= 4 is 6.21 Å². The number of aliphatic imine (C=N–C) groups is 1. The van der Waals surface area contributed by atoms with Crippen molar-refractivity contribution in [3.63, 3.8) is 0 Å². The Morgan fingerprint density at radius 1 is 0.955 bits per heavy atom. The standard InChI is InChI=1S/C21H29N/c1-3-21(4-2)17-13-8-6-5-7-12-16-20(22-18-21)19-14-10-9-11-15-19/h7-15,18,20H,3-6,16-17H2,1-2H3/b12-7+,13-8+,22-18+. The van der Waals surface area contributed by atoms with Crippen molar-refractivity contribution in [2.75, 3.05) is 0 Å². The molecule has 0 aromatic heterocycles. The van der Waals surface area contributed by atoms with Crippen LogP contribution in [0.15, 0.2) is 59.6 Å². The van der Waals surface area contributed by atoms with E-state index in [1.807, 2.05) is 0 Å². The van der Waals surface area contributed by atoms with Crippen LogP contribution in [0.5, 0.6) is 0 Å². The van der Waals surface area contributed by atoms with Crippen LogP contribution in [0.1, 0.15) is 64.0 Å². The van der Waals surface area contributed by atoms with Crippen LogP contribution in [0.25, 0.3) is 0 Å². The molecule has 0 saturated carbocycles. The third-order valence-electron chi connectivity index (χ3n) is 4.84. The summed E-state index contributed by atoms with van der Waals surface area (Å²) in [5, 5.41) is 0. The molecule has 0 spiro atoms. The van der Waals surface area contributed by atoms with Gasteiger partial charge in [-0.2, -0.15) is 0 Å². The first-order valence-corrected chi connectivity index (χ1v) is 8.69. The molecule has 0 fully saturated rings. The molecule has 1 unspecified atom stereocenters. The predicted molar refractivity (Wildman–Crippen MR) is 97.4 cm³/mol. The van der Waals surface area contributed by atoms with Crippen LogP contribution in [0.3, 0.4) is 0 Å². The third kappa shape index (κ3) is 4.69. The average molecular weight is 295 g/mol. The second-order valence-electron chi connectivity index (χ2n) is 6.23. The van der Waals surface area contributed by atoms with E-state index >= 15 is 0 Å². The van der Waals surface area contributed by atoms with Gasteiger partial charge in [0.2, 0.25) is 0 Å². The van der Waals surface area contributed by atoms with E-state index in [1.165, 1.54) is 5.56 Å². The lowest BCUT2D eigenvalue weighted by atomic mass is 9.80. The summed E-state index contributed by atoms with van der Waals surface area (Å²) in [6.45, 7) is 4.57. The van der Waals surface area contributed by atoms with Gasteiger partial charge in [0.1, 0.15) is 0 Å². The van der Waals surface area contributed by atoms with Gasteiger partial charge < -0.3 is 0 Å². The van der Waals surface area contributed by atoms with Gasteiger partial charge in [0, 0.05) is 11.6 Å². The van der Waals surface area contributed by atoms with Gasteiger partial charge in [-0.1, -0.05) is 68.5 Å². The summed E-state index contributed by atoms with van der Waals surface area (Å²) in [6.07, 6.45) is 18.2.